The number of nitriles is 1. The van der Waals surface area contributed by atoms with Gasteiger partial charge in [0.15, 0.2) is 0 Å². The summed E-state index contributed by atoms with van der Waals surface area (Å²) in [6.07, 6.45) is 3.06. The van der Waals surface area contributed by atoms with E-state index in [9.17, 15) is 0 Å². The zero-order chi connectivity index (χ0) is 15.9. The van der Waals surface area contributed by atoms with E-state index >= 15 is 0 Å². The van der Waals surface area contributed by atoms with Crippen molar-refractivity contribution in [2.75, 3.05) is 0 Å². The molecule has 110 valence electrons. The van der Waals surface area contributed by atoms with Gasteiger partial charge in [0, 0.05) is 12.0 Å². The molecule has 0 fully saturated rings. The fourth-order valence-corrected chi connectivity index (χ4v) is 2.58. The Labute approximate surface area is 137 Å². The number of fused-ring (bicyclic) bond motifs is 1. The molecule has 0 heterocycles. The molecule has 0 saturated carbocycles. The van der Waals surface area contributed by atoms with Crippen molar-refractivity contribution in [1.29, 1.82) is 5.26 Å². The topological polar surface area (TPSA) is 23.8 Å². The number of unbranched alkanes of at least 4 members (excludes halogenated alkanes) is 1. The van der Waals surface area contributed by atoms with Crippen LogP contribution in [0.2, 0.25) is 0 Å². The van der Waals surface area contributed by atoms with Crippen molar-refractivity contribution in [1.82, 2.24) is 0 Å². The highest BCUT2D eigenvalue weighted by atomic mass is 14.2. The molecular formula is C22H17N. The van der Waals surface area contributed by atoms with Crippen LogP contribution in [-0.4, -0.2) is 0 Å². The lowest BCUT2D eigenvalue weighted by atomic mass is 10.0. The molecule has 0 atom stereocenters. The monoisotopic (exact) mass is 295 g/mol. The predicted molar refractivity (Wildman–Crippen MR) is 94.9 cm³/mol. The third-order valence-electron chi connectivity index (χ3n) is 3.81. The highest BCUT2D eigenvalue weighted by molar-refractivity contribution is 5.85. The van der Waals surface area contributed by atoms with Gasteiger partial charge in [0.1, 0.15) is 0 Å². The molecule has 1 heteroatoms. The van der Waals surface area contributed by atoms with Crippen molar-refractivity contribution >= 4 is 10.8 Å². The standard InChI is InChI=1S/C22H17N/c23-17-20-12-14-21-15-19(11-13-22(21)16-20)10-6-2-5-9-18-7-3-1-4-8-18/h1,3-4,7-8,11-16H,2,5,9H2. The Kier molecular flexibility index (Phi) is 4.72. The molecule has 3 aromatic rings. The van der Waals surface area contributed by atoms with E-state index in [1.54, 1.807) is 0 Å². The largest absolute Gasteiger partial charge is 0.192 e. The smallest absolute Gasteiger partial charge is 0.0991 e. The molecule has 23 heavy (non-hydrogen) atoms. The van der Waals surface area contributed by atoms with Crippen LogP contribution in [0.25, 0.3) is 10.8 Å². The highest BCUT2D eigenvalue weighted by Gasteiger charge is 1.97. The summed E-state index contributed by atoms with van der Waals surface area (Å²) in [6.45, 7) is 0. The lowest BCUT2D eigenvalue weighted by molar-refractivity contribution is 0.858. The minimum absolute atomic E-state index is 0.692. The summed E-state index contributed by atoms with van der Waals surface area (Å²) in [4.78, 5) is 0. The first-order valence-electron chi connectivity index (χ1n) is 7.82. The average Bonchev–Trinajstić information content (AvgIpc) is 2.62. The highest BCUT2D eigenvalue weighted by Crippen LogP contribution is 2.17. The van der Waals surface area contributed by atoms with Crippen LogP contribution in [0.1, 0.15) is 29.5 Å². The van der Waals surface area contributed by atoms with Crippen LogP contribution < -0.4 is 0 Å². The van der Waals surface area contributed by atoms with Gasteiger partial charge in [-0.15, -0.1) is 0 Å². The van der Waals surface area contributed by atoms with E-state index in [0.717, 1.165) is 35.6 Å². The molecule has 0 amide bonds. The van der Waals surface area contributed by atoms with Gasteiger partial charge in [0.25, 0.3) is 0 Å². The van der Waals surface area contributed by atoms with Crippen molar-refractivity contribution in [3.63, 3.8) is 0 Å². The number of hydrogen-bond donors (Lipinski definition) is 0. The van der Waals surface area contributed by atoms with Gasteiger partial charge >= 0.3 is 0 Å². The third-order valence-corrected chi connectivity index (χ3v) is 3.81. The minimum Gasteiger partial charge on any atom is -0.192 e. The Morgan fingerprint density at radius 3 is 2.22 bits per heavy atom. The normalized spacial score (nSPS) is 9.87. The van der Waals surface area contributed by atoms with Crippen molar-refractivity contribution in [2.45, 2.75) is 19.3 Å². The van der Waals surface area contributed by atoms with Gasteiger partial charge in [0.05, 0.1) is 11.6 Å². The molecule has 0 aromatic heterocycles. The van der Waals surface area contributed by atoms with Gasteiger partial charge in [-0.1, -0.05) is 54.3 Å². The second-order valence-corrected chi connectivity index (χ2v) is 5.53. The summed E-state index contributed by atoms with van der Waals surface area (Å²) in [6, 6.07) is 24.6. The van der Waals surface area contributed by atoms with E-state index in [1.807, 2.05) is 36.4 Å². The molecular weight excluding hydrogens is 278 g/mol. The van der Waals surface area contributed by atoms with E-state index in [-0.39, 0.29) is 0 Å². The zero-order valence-corrected chi connectivity index (χ0v) is 12.9. The summed E-state index contributed by atoms with van der Waals surface area (Å²) in [5.41, 5.74) is 3.09. The van der Waals surface area contributed by atoms with E-state index in [2.05, 4.69) is 48.2 Å². The molecule has 0 spiro atoms. The second kappa shape index (κ2) is 7.30. The molecule has 0 aliphatic rings. The van der Waals surface area contributed by atoms with Crippen LogP contribution in [0.15, 0.2) is 66.7 Å². The molecule has 1 nitrogen and oxygen atoms in total. The minimum atomic E-state index is 0.692. The van der Waals surface area contributed by atoms with E-state index in [4.69, 9.17) is 5.26 Å². The van der Waals surface area contributed by atoms with Crippen LogP contribution in [0.5, 0.6) is 0 Å². The number of rotatable bonds is 3. The maximum absolute atomic E-state index is 8.93. The van der Waals surface area contributed by atoms with Crippen LogP contribution in [-0.2, 0) is 6.42 Å². The van der Waals surface area contributed by atoms with Crippen LogP contribution in [0, 0.1) is 23.2 Å². The lowest BCUT2D eigenvalue weighted by Gasteiger charge is -1.99. The number of hydrogen-bond acceptors (Lipinski definition) is 1. The molecule has 0 bridgehead atoms. The Morgan fingerprint density at radius 1 is 0.783 bits per heavy atom. The first-order valence-corrected chi connectivity index (χ1v) is 7.82. The summed E-state index contributed by atoms with van der Waals surface area (Å²) < 4.78 is 0. The molecule has 0 unspecified atom stereocenters. The maximum Gasteiger partial charge on any atom is 0.0991 e. The summed E-state index contributed by atoms with van der Waals surface area (Å²) in [7, 11) is 0. The van der Waals surface area contributed by atoms with Crippen LogP contribution >= 0.6 is 0 Å². The van der Waals surface area contributed by atoms with Crippen molar-refractivity contribution < 1.29 is 0 Å². The molecule has 0 radical (unpaired) electrons. The molecule has 0 N–H and O–H groups in total. The van der Waals surface area contributed by atoms with E-state index < -0.39 is 0 Å². The van der Waals surface area contributed by atoms with Gasteiger partial charge < -0.3 is 0 Å². The van der Waals surface area contributed by atoms with Crippen molar-refractivity contribution in [3.05, 3.63) is 83.4 Å². The predicted octanol–water partition coefficient (Wildman–Crippen LogP) is 5.09. The Balaban J connectivity index is 1.62. The molecule has 0 aliphatic carbocycles. The van der Waals surface area contributed by atoms with Crippen molar-refractivity contribution in [2.24, 2.45) is 0 Å². The lowest BCUT2D eigenvalue weighted by Crippen LogP contribution is -1.83. The summed E-state index contributed by atoms with van der Waals surface area (Å²) in [5, 5.41) is 11.1. The zero-order valence-electron chi connectivity index (χ0n) is 12.9. The SMILES string of the molecule is N#Cc1ccc2cc(C#CCCCc3ccccc3)ccc2c1. The molecule has 3 aromatic carbocycles. The van der Waals surface area contributed by atoms with Gasteiger partial charge in [-0.2, -0.15) is 5.26 Å². The fourth-order valence-electron chi connectivity index (χ4n) is 2.58. The van der Waals surface area contributed by atoms with Crippen LogP contribution in [0.4, 0.5) is 0 Å². The molecule has 3 rings (SSSR count). The second-order valence-electron chi connectivity index (χ2n) is 5.53. The number of aryl methyl sites for hydroxylation is 1. The van der Waals surface area contributed by atoms with Gasteiger partial charge in [-0.3, -0.25) is 0 Å². The Bertz CT molecular complexity index is 905. The number of nitrogens with zero attached hydrogens (tertiary/aromatic N) is 1. The first kappa shape index (κ1) is 14.9. The quantitative estimate of drug-likeness (QED) is 0.488. The summed E-state index contributed by atoms with van der Waals surface area (Å²) >= 11 is 0. The van der Waals surface area contributed by atoms with E-state index in [1.165, 1.54) is 5.56 Å². The van der Waals surface area contributed by atoms with Crippen LogP contribution in [0.3, 0.4) is 0 Å². The van der Waals surface area contributed by atoms with Crippen molar-refractivity contribution in [3.8, 4) is 17.9 Å². The molecule has 0 aliphatic heterocycles. The van der Waals surface area contributed by atoms with Gasteiger partial charge in [-0.05, 0) is 53.4 Å². The molecule has 0 saturated heterocycles. The maximum atomic E-state index is 8.93. The first-order chi connectivity index (χ1) is 11.3. The van der Waals surface area contributed by atoms with E-state index in [0.29, 0.717) is 5.56 Å². The Hall–Kier alpha value is -3.03. The third kappa shape index (κ3) is 4.00. The Morgan fingerprint density at radius 2 is 1.48 bits per heavy atom. The fraction of sp³-hybridized carbons (Fsp3) is 0.136. The average molecular weight is 295 g/mol. The van der Waals surface area contributed by atoms with Gasteiger partial charge in [0.2, 0.25) is 0 Å². The van der Waals surface area contributed by atoms with Gasteiger partial charge in [-0.25, -0.2) is 0 Å². The summed E-state index contributed by atoms with van der Waals surface area (Å²) in [5.74, 6) is 6.49. The number of benzene rings is 3.